The third-order valence-electron chi connectivity index (χ3n) is 2.89. The second-order valence-corrected chi connectivity index (χ2v) is 8.43. The van der Waals surface area contributed by atoms with Crippen LogP contribution in [0.3, 0.4) is 0 Å². The van der Waals surface area contributed by atoms with Crippen LogP contribution in [0.1, 0.15) is 61.3 Å². The van der Waals surface area contributed by atoms with Crippen molar-refractivity contribution in [1.82, 2.24) is 10.6 Å². The fraction of sp³-hybridized carbons (Fsp3) is 0.875. The maximum atomic E-state index is 12.3. The highest BCUT2D eigenvalue weighted by molar-refractivity contribution is 6.14. The smallest absolute Gasteiger partial charge is 0.408 e. The number of alkyl carbamates (subject to hydrolysis) is 1. The summed E-state index contributed by atoms with van der Waals surface area (Å²) in [5, 5.41) is 5.75. The molecule has 0 aliphatic carbocycles. The molecule has 2 amide bonds. The van der Waals surface area contributed by atoms with E-state index >= 15 is 0 Å². The van der Waals surface area contributed by atoms with Crippen LogP contribution in [0.25, 0.3) is 0 Å². The first-order valence-corrected chi connectivity index (χ1v) is 8.07. The topological polar surface area (TPSA) is 67.4 Å². The fourth-order valence-corrected chi connectivity index (χ4v) is 1.84. The molecule has 0 aliphatic heterocycles. The van der Waals surface area contributed by atoms with E-state index in [-0.39, 0.29) is 11.2 Å². The van der Waals surface area contributed by atoms with Crippen molar-refractivity contribution < 1.29 is 14.3 Å². The van der Waals surface area contributed by atoms with Crippen molar-refractivity contribution >= 4 is 19.8 Å². The lowest BCUT2D eigenvalue weighted by Crippen LogP contribution is -2.49. The van der Waals surface area contributed by atoms with Gasteiger partial charge in [0.05, 0.1) is 0 Å². The molecule has 0 bridgehead atoms. The SMILES string of the molecule is BC(C)(C)CCNC(=O)[C@H](CC(C)C)NC(=O)OC(C)(C)C. The van der Waals surface area contributed by atoms with Gasteiger partial charge in [0, 0.05) is 6.54 Å². The van der Waals surface area contributed by atoms with Gasteiger partial charge in [0.15, 0.2) is 0 Å². The molecule has 0 aliphatic rings. The molecule has 5 nitrogen and oxygen atoms in total. The van der Waals surface area contributed by atoms with Gasteiger partial charge in [0.1, 0.15) is 19.5 Å². The summed E-state index contributed by atoms with van der Waals surface area (Å²) in [6.45, 7) is 14.3. The number of amides is 2. The van der Waals surface area contributed by atoms with Crippen molar-refractivity contribution in [1.29, 1.82) is 0 Å². The zero-order valence-corrected chi connectivity index (χ0v) is 15.5. The van der Waals surface area contributed by atoms with Crippen LogP contribution in [0, 0.1) is 5.92 Å². The molecule has 6 heteroatoms. The third kappa shape index (κ3) is 11.5. The lowest BCUT2D eigenvalue weighted by molar-refractivity contribution is -0.123. The first-order valence-electron chi connectivity index (χ1n) is 8.07. The van der Waals surface area contributed by atoms with Crippen LogP contribution in [0.15, 0.2) is 0 Å². The first kappa shape index (κ1) is 20.8. The second-order valence-electron chi connectivity index (χ2n) is 8.43. The van der Waals surface area contributed by atoms with Gasteiger partial charge in [-0.3, -0.25) is 4.79 Å². The van der Waals surface area contributed by atoms with Crippen LogP contribution in [-0.4, -0.2) is 38.0 Å². The maximum absolute atomic E-state index is 12.3. The van der Waals surface area contributed by atoms with Gasteiger partial charge >= 0.3 is 6.09 Å². The molecule has 0 rings (SSSR count). The number of nitrogens with one attached hydrogen (secondary N) is 2. The van der Waals surface area contributed by atoms with E-state index in [1.54, 1.807) is 20.8 Å². The predicted octanol–water partition coefficient (Wildman–Crippen LogP) is 2.26. The summed E-state index contributed by atoms with van der Waals surface area (Å²) in [4.78, 5) is 24.2. The molecule has 0 aromatic heterocycles. The summed E-state index contributed by atoms with van der Waals surface area (Å²) in [6.07, 6.45) is 0.921. The number of rotatable bonds is 7. The van der Waals surface area contributed by atoms with Crippen LogP contribution in [0.2, 0.25) is 5.31 Å². The number of carbonyl (C=O) groups is 2. The first-order chi connectivity index (χ1) is 9.80. The molecule has 2 N–H and O–H groups in total. The van der Waals surface area contributed by atoms with E-state index in [1.807, 2.05) is 13.8 Å². The average molecular weight is 312 g/mol. The molecule has 0 saturated heterocycles. The van der Waals surface area contributed by atoms with E-state index in [0.29, 0.717) is 18.9 Å². The minimum absolute atomic E-state index is 0.149. The zero-order valence-electron chi connectivity index (χ0n) is 15.5. The molecule has 0 fully saturated rings. The Bertz CT molecular complexity index is 371. The van der Waals surface area contributed by atoms with Gasteiger partial charge in [-0.2, -0.15) is 0 Å². The molecule has 0 heterocycles. The Morgan fingerprint density at radius 2 is 1.68 bits per heavy atom. The molecule has 0 aromatic rings. The Kier molecular flexibility index (Phi) is 7.98. The quantitative estimate of drug-likeness (QED) is 0.709. The lowest BCUT2D eigenvalue weighted by atomic mass is 9.70. The normalized spacial score (nSPS) is 13.6. The molecule has 0 unspecified atom stereocenters. The van der Waals surface area contributed by atoms with Gasteiger partial charge in [-0.1, -0.05) is 33.0 Å². The van der Waals surface area contributed by atoms with Crippen LogP contribution in [0.4, 0.5) is 4.79 Å². The van der Waals surface area contributed by atoms with E-state index in [9.17, 15) is 9.59 Å². The number of carbonyl (C=O) groups excluding carboxylic acids is 2. The van der Waals surface area contributed by atoms with Crippen LogP contribution in [-0.2, 0) is 9.53 Å². The van der Waals surface area contributed by atoms with Gasteiger partial charge in [0.2, 0.25) is 5.91 Å². The van der Waals surface area contributed by atoms with Crippen LogP contribution < -0.4 is 10.6 Å². The summed E-state index contributed by atoms with van der Waals surface area (Å²) in [7, 11) is 2.13. The molecular formula is C16H33BN2O3. The molecule has 0 spiro atoms. The van der Waals surface area contributed by atoms with Crippen LogP contribution >= 0.6 is 0 Å². The molecular weight excluding hydrogens is 279 g/mol. The summed E-state index contributed by atoms with van der Waals surface area (Å²) >= 11 is 0. The third-order valence-corrected chi connectivity index (χ3v) is 2.89. The number of hydrogen-bond acceptors (Lipinski definition) is 3. The molecule has 0 aromatic carbocycles. The Hall–Kier alpha value is -1.20. The molecule has 1 atom stereocenters. The highest BCUT2D eigenvalue weighted by Crippen LogP contribution is 2.22. The number of hydrogen-bond donors (Lipinski definition) is 2. The molecule has 128 valence electrons. The standard InChI is InChI=1S/C16H33BN2O3/c1-11(2)10-12(19-14(21)22-15(3,4)5)13(20)18-9-8-16(6,7)17/h11-12H,8-10,17H2,1-7H3,(H,18,20)(H,19,21)/t12-/m0/s1. The maximum Gasteiger partial charge on any atom is 0.408 e. The highest BCUT2D eigenvalue weighted by atomic mass is 16.6. The zero-order chi connectivity index (χ0) is 17.6. The molecule has 22 heavy (non-hydrogen) atoms. The van der Waals surface area contributed by atoms with Crippen molar-refractivity contribution in [2.75, 3.05) is 6.54 Å². The predicted molar refractivity (Wildman–Crippen MR) is 92.8 cm³/mol. The lowest BCUT2D eigenvalue weighted by Gasteiger charge is -2.25. The molecule has 0 radical (unpaired) electrons. The summed E-state index contributed by atoms with van der Waals surface area (Å²) in [5.74, 6) is 0.150. The highest BCUT2D eigenvalue weighted by Gasteiger charge is 2.25. The second kappa shape index (κ2) is 8.44. The Morgan fingerprint density at radius 3 is 2.09 bits per heavy atom. The average Bonchev–Trinajstić information content (AvgIpc) is 2.22. The summed E-state index contributed by atoms with van der Waals surface area (Å²) in [6, 6.07) is -0.560. The van der Waals surface area contributed by atoms with E-state index in [4.69, 9.17) is 4.74 Å². The van der Waals surface area contributed by atoms with Gasteiger partial charge in [-0.05, 0) is 39.5 Å². The van der Waals surface area contributed by atoms with Gasteiger partial charge in [-0.25, -0.2) is 4.79 Å². The van der Waals surface area contributed by atoms with E-state index < -0.39 is 17.7 Å². The Balaban J connectivity index is 4.56. The molecule has 0 saturated carbocycles. The van der Waals surface area contributed by atoms with Gasteiger partial charge in [-0.15, -0.1) is 0 Å². The minimum atomic E-state index is -0.574. The van der Waals surface area contributed by atoms with E-state index in [2.05, 4.69) is 32.3 Å². The van der Waals surface area contributed by atoms with E-state index in [0.717, 1.165) is 6.42 Å². The van der Waals surface area contributed by atoms with Crippen molar-refractivity contribution in [3.05, 3.63) is 0 Å². The minimum Gasteiger partial charge on any atom is -0.444 e. The summed E-state index contributed by atoms with van der Waals surface area (Å²) in [5.41, 5.74) is -0.574. The monoisotopic (exact) mass is 312 g/mol. The van der Waals surface area contributed by atoms with Crippen molar-refractivity contribution in [2.24, 2.45) is 5.92 Å². The largest absolute Gasteiger partial charge is 0.444 e. The Labute approximate surface area is 136 Å². The van der Waals surface area contributed by atoms with E-state index in [1.165, 1.54) is 0 Å². The Morgan fingerprint density at radius 1 is 1.14 bits per heavy atom. The van der Waals surface area contributed by atoms with Gasteiger partial charge in [0.25, 0.3) is 0 Å². The van der Waals surface area contributed by atoms with Gasteiger partial charge < -0.3 is 15.4 Å². The van der Waals surface area contributed by atoms with Crippen LogP contribution in [0.5, 0.6) is 0 Å². The van der Waals surface area contributed by atoms with Crippen molar-refractivity contribution in [3.63, 3.8) is 0 Å². The van der Waals surface area contributed by atoms with Crippen molar-refractivity contribution in [2.45, 2.75) is 78.3 Å². The van der Waals surface area contributed by atoms with Crippen molar-refractivity contribution in [3.8, 4) is 0 Å². The fourth-order valence-electron chi connectivity index (χ4n) is 1.84. The number of ether oxygens (including phenoxy) is 1. The summed E-state index contributed by atoms with van der Waals surface area (Å²) < 4.78 is 5.23.